The Morgan fingerprint density at radius 2 is 2.31 bits per heavy atom. The van der Waals surface area contributed by atoms with Crippen molar-refractivity contribution in [1.29, 1.82) is 0 Å². The summed E-state index contributed by atoms with van der Waals surface area (Å²) in [5.41, 5.74) is 6.81. The molecule has 0 aromatic carbocycles. The van der Waals surface area contributed by atoms with Crippen LogP contribution in [0.3, 0.4) is 0 Å². The Balaban J connectivity index is 2.87. The lowest BCUT2D eigenvalue weighted by molar-refractivity contribution is 0.0594. The number of pyridine rings is 1. The number of hydrogen-bond donors (Lipinski definition) is 1. The summed E-state index contributed by atoms with van der Waals surface area (Å²) in [6.07, 6.45) is 1.58. The molecule has 13 heavy (non-hydrogen) atoms. The van der Waals surface area contributed by atoms with E-state index in [2.05, 4.69) is 9.72 Å². The summed E-state index contributed by atoms with van der Waals surface area (Å²) in [5, 5.41) is 0. The minimum absolute atomic E-state index is 0.0702. The minimum atomic E-state index is -0.434. The second-order valence-electron chi connectivity index (χ2n) is 2.76. The van der Waals surface area contributed by atoms with Crippen molar-refractivity contribution < 1.29 is 9.53 Å². The van der Waals surface area contributed by atoms with Crippen LogP contribution in [0.5, 0.6) is 0 Å². The molecule has 0 radical (unpaired) electrons. The van der Waals surface area contributed by atoms with Gasteiger partial charge in [-0.3, -0.25) is 0 Å². The molecular weight excluding hydrogens is 168 g/mol. The number of rotatable bonds is 2. The average Bonchev–Trinajstić information content (AvgIpc) is 2.17. The summed E-state index contributed by atoms with van der Waals surface area (Å²) in [5.74, 6) is -0.434. The number of nitrogens with two attached hydrogens (primary N) is 1. The van der Waals surface area contributed by atoms with Crippen LogP contribution in [-0.2, 0) is 4.74 Å². The molecule has 0 aliphatic carbocycles. The fraction of sp³-hybridized carbons (Fsp3) is 0.333. The molecule has 4 heteroatoms. The van der Waals surface area contributed by atoms with E-state index in [0.29, 0.717) is 5.69 Å². The maximum atomic E-state index is 11.0. The first kappa shape index (κ1) is 9.67. The van der Waals surface area contributed by atoms with E-state index in [9.17, 15) is 4.79 Å². The molecule has 0 saturated heterocycles. The van der Waals surface area contributed by atoms with Crippen molar-refractivity contribution in [2.45, 2.75) is 13.0 Å². The van der Waals surface area contributed by atoms with E-state index in [1.54, 1.807) is 18.3 Å². The summed E-state index contributed by atoms with van der Waals surface area (Å²) in [7, 11) is 1.32. The van der Waals surface area contributed by atoms with Crippen LogP contribution in [0, 0.1) is 0 Å². The van der Waals surface area contributed by atoms with Crippen LogP contribution in [0.25, 0.3) is 0 Å². The van der Waals surface area contributed by atoms with Gasteiger partial charge in [-0.05, 0) is 18.6 Å². The van der Waals surface area contributed by atoms with Gasteiger partial charge in [0.2, 0.25) is 0 Å². The number of hydrogen-bond acceptors (Lipinski definition) is 4. The molecule has 2 N–H and O–H groups in total. The molecular formula is C9H12N2O2. The van der Waals surface area contributed by atoms with Crippen LogP contribution in [-0.4, -0.2) is 18.1 Å². The van der Waals surface area contributed by atoms with Gasteiger partial charge < -0.3 is 10.5 Å². The van der Waals surface area contributed by atoms with Gasteiger partial charge in [0.25, 0.3) is 0 Å². The Kier molecular flexibility index (Phi) is 2.97. The van der Waals surface area contributed by atoms with Gasteiger partial charge in [0.05, 0.1) is 7.11 Å². The van der Waals surface area contributed by atoms with Crippen molar-refractivity contribution in [1.82, 2.24) is 4.98 Å². The lowest BCUT2D eigenvalue weighted by Crippen LogP contribution is -2.08. The second-order valence-corrected chi connectivity index (χ2v) is 2.76. The molecule has 0 spiro atoms. The quantitative estimate of drug-likeness (QED) is 0.686. The summed E-state index contributed by atoms with van der Waals surface area (Å²) in [6, 6.07) is 3.30. The van der Waals surface area contributed by atoms with Gasteiger partial charge in [-0.1, -0.05) is 6.07 Å². The molecule has 1 unspecified atom stereocenters. The fourth-order valence-electron chi connectivity index (χ4n) is 0.900. The zero-order valence-corrected chi connectivity index (χ0v) is 7.65. The van der Waals surface area contributed by atoms with Gasteiger partial charge in [-0.2, -0.15) is 0 Å². The van der Waals surface area contributed by atoms with E-state index in [4.69, 9.17) is 5.73 Å². The van der Waals surface area contributed by atoms with E-state index in [1.807, 2.05) is 6.92 Å². The third-order valence-electron chi connectivity index (χ3n) is 1.71. The van der Waals surface area contributed by atoms with Crippen LogP contribution in [0.4, 0.5) is 0 Å². The van der Waals surface area contributed by atoms with Crippen molar-refractivity contribution in [2.75, 3.05) is 7.11 Å². The largest absolute Gasteiger partial charge is 0.464 e. The molecule has 4 nitrogen and oxygen atoms in total. The van der Waals surface area contributed by atoms with E-state index < -0.39 is 5.97 Å². The van der Waals surface area contributed by atoms with Crippen molar-refractivity contribution in [3.63, 3.8) is 0 Å². The summed E-state index contributed by atoms with van der Waals surface area (Å²) in [6.45, 7) is 1.86. The summed E-state index contributed by atoms with van der Waals surface area (Å²) in [4.78, 5) is 14.9. The molecule has 70 valence electrons. The molecule has 1 aromatic heterocycles. The number of methoxy groups -OCH3 is 1. The van der Waals surface area contributed by atoms with E-state index >= 15 is 0 Å². The number of carbonyl (C=O) groups excluding carboxylic acids is 1. The van der Waals surface area contributed by atoms with Gasteiger partial charge in [-0.15, -0.1) is 0 Å². The normalized spacial score (nSPS) is 12.2. The van der Waals surface area contributed by atoms with Gasteiger partial charge in [0, 0.05) is 12.2 Å². The molecule has 0 amide bonds. The Bertz CT molecular complexity index is 293. The molecule has 0 saturated carbocycles. The molecule has 0 fully saturated rings. The van der Waals surface area contributed by atoms with Crippen LogP contribution < -0.4 is 5.73 Å². The maximum absolute atomic E-state index is 11.0. The zero-order chi connectivity index (χ0) is 9.84. The highest BCUT2D eigenvalue weighted by Gasteiger charge is 2.06. The van der Waals surface area contributed by atoms with Crippen molar-refractivity contribution in [3.05, 3.63) is 29.6 Å². The van der Waals surface area contributed by atoms with Crippen molar-refractivity contribution >= 4 is 5.97 Å². The van der Waals surface area contributed by atoms with Gasteiger partial charge >= 0.3 is 5.97 Å². The van der Waals surface area contributed by atoms with Crippen molar-refractivity contribution in [3.8, 4) is 0 Å². The number of esters is 1. The topological polar surface area (TPSA) is 65.2 Å². The molecule has 0 bridgehead atoms. The minimum Gasteiger partial charge on any atom is -0.464 e. The summed E-state index contributed by atoms with van der Waals surface area (Å²) < 4.78 is 4.50. The Morgan fingerprint density at radius 1 is 1.62 bits per heavy atom. The monoisotopic (exact) mass is 180 g/mol. The van der Waals surface area contributed by atoms with Gasteiger partial charge in [-0.25, -0.2) is 9.78 Å². The third-order valence-corrected chi connectivity index (χ3v) is 1.71. The van der Waals surface area contributed by atoms with Crippen LogP contribution in [0.1, 0.15) is 29.0 Å². The Morgan fingerprint density at radius 3 is 2.69 bits per heavy atom. The standard InChI is InChI=1S/C9H12N2O2/c1-6(10)7-3-4-8(11-5-7)9(12)13-2/h3-6H,10H2,1-2H3. The number of aromatic nitrogens is 1. The Labute approximate surface area is 76.7 Å². The molecule has 1 rings (SSSR count). The van der Waals surface area contributed by atoms with E-state index in [-0.39, 0.29) is 6.04 Å². The first-order chi connectivity index (χ1) is 6.15. The molecule has 0 aliphatic rings. The number of nitrogens with zero attached hydrogens (tertiary/aromatic N) is 1. The van der Waals surface area contributed by atoms with Crippen LogP contribution in [0.15, 0.2) is 18.3 Å². The first-order valence-corrected chi connectivity index (χ1v) is 3.95. The van der Waals surface area contributed by atoms with Gasteiger partial charge in [0.15, 0.2) is 0 Å². The van der Waals surface area contributed by atoms with Crippen molar-refractivity contribution in [2.24, 2.45) is 5.73 Å². The molecule has 1 atom stereocenters. The SMILES string of the molecule is COC(=O)c1ccc(C(C)N)cn1. The Hall–Kier alpha value is -1.42. The predicted molar refractivity (Wildman–Crippen MR) is 48.2 cm³/mol. The molecule has 0 aliphatic heterocycles. The van der Waals surface area contributed by atoms with E-state index in [0.717, 1.165) is 5.56 Å². The highest BCUT2D eigenvalue weighted by molar-refractivity contribution is 5.86. The molecule has 1 aromatic rings. The van der Waals surface area contributed by atoms with Crippen LogP contribution in [0.2, 0.25) is 0 Å². The van der Waals surface area contributed by atoms with E-state index in [1.165, 1.54) is 7.11 Å². The lowest BCUT2D eigenvalue weighted by atomic mass is 10.1. The maximum Gasteiger partial charge on any atom is 0.356 e. The third kappa shape index (κ3) is 2.26. The first-order valence-electron chi connectivity index (χ1n) is 3.95. The van der Waals surface area contributed by atoms with Crippen LogP contribution >= 0.6 is 0 Å². The zero-order valence-electron chi connectivity index (χ0n) is 7.65. The van der Waals surface area contributed by atoms with Gasteiger partial charge in [0.1, 0.15) is 5.69 Å². The predicted octanol–water partition coefficient (Wildman–Crippen LogP) is 0.888. The number of ether oxygens (including phenoxy) is 1. The second kappa shape index (κ2) is 4.00. The molecule has 1 heterocycles. The highest BCUT2D eigenvalue weighted by atomic mass is 16.5. The summed E-state index contributed by atoms with van der Waals surface area (Å²) >= 11 is 0. The average molecular weight is 180 g/mol. The highest BCUT2D eigenvalue weighted by Crippen LogP contribution is 2.08. The smallest absolute Gasteiger partial charge is 0.356 e. The fourth-order valence-corrected chi connectivity index (χ4v) is 0.900. The number of carbonyl (C=O) groups is 1. The lowest BCUT2D eigenvalue weighted by Gasteiger charge is -2.04.